The lowest BCUT2D eigenvalue weighted by Crippen LogP contribution is -1.93. The van der Waals surface area contributed by atoms with E-state index in [1.54, 1.807) is 17.5 Å². The summed E-state index contributed by atoms with van der Waals surface area (Å²) in [6, 6.07) is 3.37. The average Bonchev–Trinajstić information content (AvgIpc) is 2.39. The second-order valence-corrected chi connectivity index (χ2v) is 2.79. The van der Waals surface area contributed by atoms with Gasteiger partial charge >= 0.3 is 5.97 Å². The summed E-state index contributed by atoms with van der Waals surface area (Å²) >= 11 is 1.29. The van der Waals surface area contributed by atoms with Crippen molar-refractivity contribution >= 4 is 23.4 Å². The van der Waals surface area contributed by atoms with Crippen LogP contribution >= 0.6 is 11.3 Å². The van der Waals surface area contributed by atoms with Gasteiger partial charge in [-0.15, -0.1) is 11.3 Å². The van der Waals surface area contributed by atoms with Crippen molar-refractivity contribution in [1.29, 1.82) is 0 Å². The minimum absolute atomic E-state index is 0.602. The molecule has 1 aromatic rings. The van der Waals surface area contributed by atoms with Crippen LogP contribution in [-0.4, -0.2) is 11.1 Å². The first kappa shape index (κ1) is 7.94. The molecular formula is C7H5FO2S. The summed E-state index contributed by atoms with van der Waals surface area (Å²) in [5.74, 6) is -2.66. The number of carboxylic acid groups (broad SMARTS) is 1. The third kappa shape index (κ3) is 2.16. The Kier molecular flexibility index (Phi) is 2.38. The van der Waals surface area contributed by atoms with E-state index in [4.69, 9.17) is 5.11 Å². The highest BCUT2D eigenvalue weighted by Gasteiger charge is 2.04. The zero-order chi connectivity index (χ0) is 8.27. The quantitative estimate of drug-likeness (QED) is 0.694. The molecule has 11 heavy (non-hydrogen) atoms. The van der Waals surface area contributed by atoms with E-state index in [9.17, 15) is 9.18 Å². The molecule has 0 saturated carbocycles. The Labute approximate surface area is 66.6 Å². The predicted octanol–water partition coefficient (Wildman–Crippen LogP) is 2.14. The Hall–Kier alpha value is -1.16. The van der Waals surface area contributed by atoms with Crippen LogP contribution in [0.3, 0.4) is 0 Å². The fraction of sp³-hybridized carbons (Fsp3) is 0. The number of carbonyl (C=O) groups is 1. The van der Waals surface area contributed by atoms with Crippen LogP contribution in [0.25, 0.3) is 6.08 Å². The van der Waals surface area contributed by atoms with Crippen molar-refractivity contribution in [3.8, 4) is 0 Å². The number of carboxylic acids is 1. The van der Waals surface area contributed by atoms with Crippen LogP contribution in [0.15, 0.2) is 23.3 Å². The molecule has 0 aromatic carbocycles. The highest BCUT2D eigenvalue weighted by atomic mass is 32.1. The topological polar surface area (TPSA) is 37.3 Å². The maximum atomic E-state index is 12.4. The van der Waals surface area contributed by atoms with Crippen LogP contribution in [-0.2, 0) is 4.79 Å². The van der Waals surface area contributed by atoms with E-state index in [0.29, 0.717) is 4.88 Å². The van der Waals surface area contributed by atoms with Gasteiger partial charge in [0.25, 0.3) is 0 Å². The normalized spacial score (nSPS) is 11.5. The second-order valence-electron chi connectivity index (χ2n) is 1.81. The SMILES string of the molecule is O=C(O)C(F)=Cc1cccs1. The van der Waals surface area contributed by atoms with Gasteiger partial charge in [-0.2, -0.15) is 4.39 Å². The van der Waals surface area contributed by atoms with Crippen LogP contribution < -0.4 is 0 Å². The van der Waals surface area contributed by atoms with E-state index in [1.807, 2.05) is 0 Å². The predicted molar refractivity (Wildman–Crippen MR) is 41.0 cm³/mol. The first-order chi connectivity index (χ1) is 5.20. The van der Waals surface area contributed by atoms with Crippen molar-refractivity contribution in [1.82, 2.24) is 0 Å². The molecule has 0 saturated heterocycles. The molecular weight excluding hydrogens is 167 g/mol. The maximum Gasteiger partial charge on any atom is 0.364 e. The summed E-state index contributed by atoms with van der Waals surface area (Å²) in [7, 11) is 0. The largest absolute Gasteiger partial charge is 0.476 e. The number of hydrogen-bond donors (Lipinski definition) is 1. The maximum absolute atomic E-state index is 12.4. The molecule has 1 heterocycles. The minimum atomic E-state index is -1.53. The number of aliphatic carboxylic acids is 1. The Morgan fingerprint density at radius 3 is 2.91 bits per heavy atom. The lowest BCUT2D eigenvalue weighted by atomic mass is 10.4. The lowest BCUT2D eigenvalue weighted by molar-refractivity contribution is -0.134. The smallest absolute Gasteiger partial charge is 0.364 e. The molecule has 0 atom stereocenters. The van der Waals surface area contributed by atoms with Gasteiger partial charge in [-0.1, -0.05) is 6.07 Å². The van der Waals surface area contributed by atoms with Crippen molar-refractivity contribution < 1.29 is 14.3 Å². The molecule has 58 valence electrons. The van der Waals surface area contributed by atoms with E-state index in [-0.39, 0.29) is 0 Å². The molecule has 0 radical (unpaired) electrons. The number of rotatable bonds is 2. The third-order valence-corrected chi connectivity index (χ3v) is 1.84. The van der Waals surface area contributed by atoms with Crippen LogP contribution in [0.5, 0.6) is 0 Å². The Bertz CT molecular complexity index is 277. The molecule has 4 heteroatoms. The lowest BCUT2D eigenvalue weighted by Gasteiger charge is -1.85. The molecule has 0 aliphatic heterocycles. The van der Waals surface area contributed by atoms with Crippen LogP contribution in [0.4, 0.5) is 4.39 Å². The van der Waals surface area contributed by atoms with Gasteiger partial charge in [-0.05, 0) is 17.5 Å². The summed E-state index contributed by atoms with van der Waals surface area (Å²) in [5.41, 5.74) is 0. The highest BCUT2D eigenvalue weighted by molar-refractivity contribution is 7.10. The first-order valence-electron chi connectivity index (χ1n) is 2.84. The van der Waals surface area contributed by atoms with E-state index >= 15 is 0 Å². The van der Waals surface area contributed by atoms with Crippen LogP contribution in [0.2, 0.25) is 0 Å². The summed E-state index contributed by atoms with van der Waals surface area (Å²) in [6.45, 7) is 0. The molecule has 0 unspecified atom stereocenters. The van der Waals surface area contributed by atoms with Gasteiger partial charge in [0.1, 0.15) is 0 Å². The van der Waals surface area contributed by atoms with Crippen molar-refractivity contribution in [3.05, 3.63) is 28.2 Å². The van der Waals surface area contributed by atoms with Crippen molar-refractivity contribution in [2.75, 3.05) is 0 Å². The van der Waals surface area contributed by atoms with Gasteiger partial charge in [0, 0.05) is 4.88 Å². The average molecular weight is 172 g/mol. The number of halogens is 1. The molecule has 0 fully saturated rings. The fourth-order valence-corrected chi connectivity index (χ4v) is 1.20. The van der Waals surface area contributed by atoms with Gasteiger partial charge in [-0.25, -0.2) is 4.79 Å². The third-order valence-electron chi connectivity index (χ3n) is 1.02. The van der Waals surface area contributed by atoms with E-state index in [1.165, 1.54) is 11.3 Å². The van der Waals surface area contributed by atoms with Gasteiger partial charge in [0.15, 0.2) is 0 Å². The highest BCUT2D eigenvalue weighted by Crippen LogP contribution is 2.13. The van der Waals surface area contributed by atoms with Gasteiger partial charge in [0.05, 0.1) is 0 Å². The van der Waals surface area contributed by atoms with E-state index < -0.39 is 11.8 Å². The Morgan fingerprint density at radius 1 is 1.73 bits per heavy atom. The monoisotopic (exact) mass is 172 g/mol. The Morgan fingerprint density at radius 2 is 2.45 bits per heavy atom. The van der Waals surface area contributed by atoms with Crippen molar-refractivity contribution in [2.24, 2.45) is 0 Å². The van der Waals surface area contributed by atoms with Gasteiger partial charge in [-0.3, -0.25) is 0 Å². The fourth-order valence-electron chi connectivity index (χ4n) is 0.560. The molecule has 2 nitrogen and oxygen atoms in total. The molecule has 0 aliphatic carbocycles. The molecule has 1 N–H and O–H groups in total. The molecule has 0 amide bonds. The summed E-state index contributed by atoms with van der Waals surface area (Å²) in [4.78, 5) is 10.6. The molecule has 0 aliphatic rings. The van der Waals surface area contributed by atoms with Crippen molar-refractivity contribution in [2.45, 2.75) is 0 Å². The summed E-state index contributed by atoms with van der Waals surface area (Å²) in [6.07, 6.45) is 0.993. The standard InChI is InChI=1S/C7H5FO2S/c8-6(7(9)10)4-5-2-1-3-11-5/h1-4H,(H,9,10). The molecule has 0 spiro atoms. The second kappa shape index (κ2) is 3.30. The van der Waals surface area contributed by atoms with Crippen molar-refractivity contribution in [3.63, 3.8) is 0 Å². The zero-order valence-corrected chi connectivity index (χ0v) is 6.27. The summed E-state index contributed by atoms with van der Waals surface area (Å²) in [5, 5.41) is 9.89. The number of hydrogen-bond acceptors (Lipinski definition) is 2. The first-order valence-corrected chi connectivity index (χ1v) is 3.72. The van der Waals surface area contributed by atoms with E-state index in [2.05, 4.69) is 0 Å². The van der Waals surface area contributed by atoms with Gasteiger partial charge in [0.2, 0.25) is 5.83 Å². The summed E-state index contributed by atoms with van der Waals surface area (Å²) < 4.78 is 12.4. The van der Waals surface area contributed by atoms with Crippen LogP contribution in [0, 0.1) is 0 Å². The van der Waals surface area contributed by atoms with Gasteiger partial charge < -0.3 is 5.11 Å². The van der Waals surface area contributed by atoms with Crippen LogP contribution in [0.1, 0.15) is 4.88 Å². The molecule has 1 aromatic heterocycles. The minimum Gasteiger partial charge on any atom is -0.476 e. The number of thiophene rings is 1. The molecule has 1 rings (SSSR count). The molecule has 0 bridgehead atoms. The Balaban J connectivity index is 2.82. The van der Waals surface area contributed by atoms with E-state index in [0.717, 1.165) is 6.08 Å². The zero-order valence-electron chi connectivity index (χ0n) is 5.45.